The molecule has 2 atom stereocenters. The van der Waals surface area contributed by atoms with Crippen molar-refractivity contribution in [3.8, 4) is 0 Å². The van der Waals surface area contributed by atoms with E-state index in [0.717, 1.165) is 44.3 Å². The summed E-state index contributed by atoms with van der Waals surface area (Å²) in [5, 5.41) is 3.30. The minimum Gasteiger partial charge on any atom is -0.373 e. The van der Waals surface area contributed by atoms with Crippen molar-refractivity contribution in [2.75, 3.05) is 46.4 Å². The zero-order valence-electron chi connectivity index (χ0n) is 20.1. The van der Waals surface area contributed by atoms with Gasteiger partial charge in [0.2, 0.25) is 5.91 Å². The maximum absolute atomic E-state index is 12.9. The van der Waals surface area contributed by atoms with E-state index in [0.29, 0.717) is 19.1 Å². The molecule has 0 aliphatic carbocycles. The molecule has 2 unspecified atom stereocenters. The maximum atomic E-state index is 12.9. The predicted octanol–water partition coefficient (Wildman–Crippen LogP) is 2.81. The Labute approximate surface area is 220 Å². The first-order chi connectivity index (χ1) is 16.2. The van der Waals surface area contributed by atoms with Crippen LogP contribution >= 0.6 is 24.0 Å². The van der Waals surface area contributed by atoms with E-state index in [1.807, 2.05) is 30.0 Å². The van der Waals surface area contributed by atoms with Crippen LogP contribution < -0.4 is 5.32 Å². The van der Waals surface area contributed by atoms with Gasteiger partial charge in [0, 0.05) is 46.3 Å². The van der Waals surface area contributed by atoms with Crippen molar-refractivity contribution in [3.05, 3.63) is 71.8 Å². The summed E-state index contributed by atoms with van der Waals surface area (Å²) < 4.78 is 6.10. The van der Waals surface area contributed by atoms with Gasteiger partial charge in [-0.3, -0.25) is 14.7 Å². The number of likely N-dealkylation sites (N-methyl/N-ethyl adjacent to an activating group) is 1. The molecule has 0 spiro atoms. The van der Waals surface area contributed by atoms with E-state index in [1.165, 1.54) is 5.56 Å². The van der Waals surface area contributed by atoms with Crippen LogP contribution in [0.4, 0.5) is 0 Å². The highest BCUT2D eigenvalue weighted by Gasteiger charge is 2.41. The molecule has 0 aromatic heterocycles. The second-order valence-corrected chi connectivity index (χ2v) is 8.63. The third-order valence-corrected chi connectivity index (χ3v) is 6.50. The first-order valence-corrected chi connectivity index (χ1v) is 11.8. The molecular weight excluding hydrogens is 541 g/mol. The number of guanidine groups is 1. The van der Waals surface area contributed by atoms with Gasteiger partial charge in [0.05, 0.1) is 25.3 Å². The number of carbonyl (C=O) groups excluding carboxylic acids is 1. The van der Waals surface area contributed by atoms with Crippen LogP contribution in [-0.2, 0) is 22.6 Å². The lowest BCUT2D eigenvalue weighted by molar-refractivity contribution is -0.130. The maximum Gasteiger partial charge on any atom is 0.242 e. The van der Waals surface area contributed by atoms with Gasteiger partial charge in [-0.2, -0.15) is 0 Å². The Kier molecular flexibility index (Phi) is 10.2. The quantitative estimate of drug-likeness (QED) is 0.312. The van der Waals surface area contributed by atoms with Gasteiger partial charge in [0.1, 0.15) is 0 Å². The Morgan fingerprint density at radius 1 is 1.09 bits per heavy atom. The van der Waals surface area contributed by atoms with E-state index < -0.39 is 0 Å². The largest absolute Gasteiger partial charge is 0.373 e. The molecule has 8 heteroatoms. The molecule has 2 aromatic carbocycles. The number of carbonyl (C=O) groups is 1. The monoisotopic (exact) mass is 577 g/mol. The van der Waals surface area contributed by atoms with Gasteiger partial charge < -0.3 is 19.9 Å². The van der Waals surface area contributed by atoms with E-state index in [-0.39, 0.29) is 42.5 Å². The number of aliphatic imine (C=N–C) groups is 1. The van der Waals surface area contributed by atoms with Gasteiger partial charge in [-0.05, 0) is 18.1 Å². The van der Waals surface area contributed by atoms with Crippen molar-refractivity contribution >= 4 is 35.8 Å². The number of hydrogen-bond donors (Lipinski definition) is 1. The van der Waals surface area contributed by atoms with Crippen LogP contribution in [-0.4, -0.2) is 85.1 Å². The minimum absolute atomic E-state index is 0. The highest BCUT2D eigenvalue weighted by Crippen LogP contribution is 2.24. The van der Waals surface area contributed by atoms with E-state index in [1.54, 1.807) is 7.05 Å². The highest BCUT2D eigenvalue weighted by atomic mass is 127. The Bertz CT molecular complexity index is 927. The first kappa shape index (κ1) is 26.4. The molecule has 0 saturated carbocycles. The zero-order valence-corrected chi connectivity index (χ0v) is 22.4. The smallest absolute Gasteiger partial charge is 0.242 e. The Morgan fingerprint density at radius 3 is 2.41 bits per heavy atom. The van der Waals surface area contributed by atoms with Crippen LogP contribution in [0.3, 0.4) is 0 Å². The lowest BCUT2D eigenvalue weighted by Gasteiger charge is -2.36. The molecule has 0 bridgehead atoms. The summed E-state index contributed by atoms with van der Waals surface area (Å²) in [5.74, 6) is 0.831. The molecule has 2 saturated heterocycles. The SMILES string of the molecule is CCN(Cc1ccccc1)C(=O)CNC(=NC)N1CC2OCCN(Cc3ccccc3)C2C1.I. The number of rotatable bonds is 7. The molecule has 184 valence electrons. The molecule has 7 nitrogen and oxygen atoms in total. The second-order valence-electron chi connectivity index (χ2n) is 8.63. The van der Waals surface area contributed by atoms with Crippen molar-refractivity contribution in [1.29, 1.82) is 0 Å². The molecule has 34 heavy (non-hydrogen) atoms. The van der Waals surface area contributed by atoms with Crippen LogP contribution in [0.2, 0.25) is 0 Å². The zero-order chi connectivity index (χ0) is 23.0. The van der Waals surface area contributed by atoms with Gasteiger partial charge in [-0.15, -0.1) is 24.0 Å². The first-order valence-electron chi connectivity index (χ1n) is 11.8. The number of ether oxygens (including phenoxy) is 1. The fourth-order valence-corrected chi connectivity index (χ4v) is 4.72. The summed E-state index contributed by atoms with van der Waals surface area (Å²) in [6, 6.07) is 21.0. The van der Waals surface area contributed by atoms with E-state index >= 15 is 0 Å². The number of halogens is 1. The van der Waals surface area contributed by atoms with Crippen molar-refractivity contribution < 1.29 is 9.53 Å². The summed E-state index contributed by atoms with van der Waals surface area (Å²) in [4.78, 5) is 23.9. The summed E-state index contributed by atoms with van der Waals surface area (Å²) >= 11 is 0. The standard InChI is InChI=1S/C26H35N5O2.HI/c1-3-29(17-21-10-6-4-7-11-21)25(32)16-28-26(27-2)31-19-23-24(20-31)33-15-14-30(23)18-22-12-8-5-9-13-22;/h4-13,23-24H,3,14-20H2,1-2H3,(H,27,28);1H. The van der Waals surface area contributed by atoms with Crippen LogP contribution in [0, 0.1) is 0 Å². The molecule has 2 aliphatic heterocycles. The van der Waals surface area contributed by atoms with Crippen LogP contribution in [0.25, 0.3) is 0 Å². The van der Waals surface area contributed by atoms with E-state index in [4.69, 9.17) is 4.74 Å². The number of amides is 1. The average molecular weight is 578 g/mol. The molecule has 1 N–H and O–H groups in total. The molecule has 0 radical (unpaired) electrons. The Balaban J connectivity index is 0.00000324. The summed E-state index contributed by atoms with van der Waals surface area (Å²) in [5.41, 5.74) is 2.46. The summed E-state index contributed by atoms with van der Waals surface area (Å²) in [7, 11) is 1.78. The number of fused-ring (bicyclic) bond motifs is 1. The molecule has 1 amide bonds. The Morgan fingerprint density at radius 2 is 1.76 bits per heavy atom. The van der Waals surface area contributed by atoms with Gasteiger partial charge in [0.15, 0.2) is 5.96 Å². The van der Waals surface area contributed by atoms with E-state index in [2.05, 4.69) is 62.6 Å². The van der Waals surface area contributed by atoms with Crippen molar-refractivity contribution in [2.45, 2.75) is 32.2 Å². The summed E-state index contributed by atoms with van der Waals surface area (Å²) in [6.07, 6.45) is 0.155. The van der Waals surface area contributed by atoms with Crippen molar-refractivity contribution in [2.24, 2.45) is 4.99 Å². The normalized spacial score (nSPS) is 20.4. The fraction of sp³-hybridized carbons (Fsp3) is 0.462. The molecule has 2 aromatic rings. The van der Waals surface area contributed by atoms with Crippen LogP contribution in [0.1, 0.15) is 18.1 Å². The number of morpholine rings is 1. The fourth-order valence-electron chi connectivity index (χ4n) is 4.72. The van der Waals surface area contributed by atoms with Gasteiger partial charge in [-0.25, -0.2) is 0 Å². The Hall–Kier alpha value is -2.17. The summed E-state index contributed by atoms with van der Waals surface area (Å²) in [6.45, 7) is 7.76. The van der Waals surface area contributed by atoms with Crippen LogP contribution in [0.5, 0.6) is 0 Å². The third-order valence-electron chi connectivity index (χ3n) is 6.50. The lowest BCUT2D eigenvalue weighted by atomic mass is 10.1. The third kappa shape index (κ3) is 6.70. The van der Waals surface area contributed by atoms with Crippen molar-refractivity contribution in [1.82, 2.24) is 20.0 Å². The topological polar surface area (TPSA) is 60.4 Å². The molecule has 2 fully saturated rings. The van der Waals surface area contributed by atoms with Crippen molar-refractivity contribution in [3.63, 3.8) is 0 Å². The predicted molar refractivity (Wildman–Crippen MR) is 146 cm³/mol. The number of hydrogen-bond acceptors (Lipinski definition) is 4. The average Bonchev–Trinajstić information content (AvgIpc) is 3.29. The lowest BCUT2D eigenvalue weighted by Crippen LogP contribution is -2.50. The number of likely N-dealkylation sites (tertiary alicyclic amines) is 1. The minimum atomic E-state index is 0. The molecule has 2 heterocycles. The van der Waals surface area contributed by atoms with Gasteiger partial charge >= 0.3 is 0 Å². The van der Waals surface area contributed by atoms with Gasteiger partial charge in [0.25, 0.3) is 0 Å². The highest BCUT2D eigenvalue weighted by molar-refractivity contribution is 14.0. The van der Waals surface area contributed by atoms with Gasteiger partial charge in [-0.1, -0.05) is 60.7 Å². The number of benzene rings is 2. The number of nitrogens with one attached hydrogen (secondary N) is 1. The number of nitrogens with zero attached hydrogens (tertiary/aromatic N) is 4. The molecule has 4 rings (SSSR count). The molecule has 2 aliphatic rings. The second kappa shape index (κ2) is 13.1. The molecular formula is C26H36IN5O2. The van der Waals surface area contributed by atoms with E-state index in [9.17, 15) is 4.79 Å². The van der Waals surface area contributed by atoms with Crippen LogP contribution in [0.15, 0.2) is 65.7 Å².